The number of hydrogen-bond donors (Lipinski definition) is 0. The molecular formula is C34H44O4. The normalized spacial score (nSPS) is 13.8. The standard InChI is InChI=1S/C34H44O4/c1-3-4-5-6-7-8-9-10-11-12-13-14-15-16-17-18-34(35)38-31-24-21-29-26-32(37-33(29)27-31)25-28-19-22-30(36-2)23-20-28/h7-10,19-25,27H,3-6,11-18,26H2,1-2H3/b8-7-,10-9+,32-25-. The van der Waals surface area contributed by atoms with Crippen LogP contribution in [-0.4, -0.2) is 13.1 Å². The predicted octanol–water partition coefficient (Wildman–Crippen LogP) is 9.39. The summed E-state index contributed by atoms with van der Waals surface area (Å²) in [6.07, 6.45) is 25.2. The molecule has 3 rings (SSSR count). The summed E-state index contributed by atoms with van der Waals surface area (Å²) in [7, 11) is 1.66. The zero-order valence-corrected chi connectivity index (χ0v) is 23.3. The number of carbonyl (C=O) groups is 1. The molecule has 0 saturated carbocycles. The number of rotatable bonds is 17. The highest BCUT2D eigenvalue weighted by atomic mass is 16.5. The minimum absolute atomic E-state index is 0.176. The monoisotopic (exact) mass is 516 g/mol. The van der Waals surface area contributed by atoms with E-state index in [1.807, 2.05) is 48.5 Å². The van der Waals surface area contributed by atoms with Gasteiger partial charge < -0.3 is 14.2 Å². The summed E-state index contributed by atoms with van der Waals surface area (Å²) in [4.78, 5) is 12.3. The van der Waals surface area contributed by atoms with Gasteiger partial charge in [0.1, 0.15) is 23.0 Å². The minimum atomic E-state index is -0.176. The van der Waals surface area contributed by atoms with Crippen LogP contribution >= 0.6 is 0 Å². The number of unbranched alkanes of at least 4 members (excludes halogenated alkanes) is 9. The number of methoxy groups -OCH3 is 1. The Morgan fingerprint density at radius 2 is 1.50 bits per heavy atom. The molecule has 0 spiro atoms. The molecule has 1 aliphatic rings. The Morgan fingerprint density at radius 3 is 2.21 bits per heavy atom. The van der Waals surface area contributed by atoms with Gasteiger partial charge in [-0.05, 0) is 61.9 Å². The van der Waals surface area contributed by atoms with Crippen molar-refractivity contribution in [1.29, 1.82) is 0 Å². The second-order valence-electron chi connectivity index (χ2n) is 9.92. The average Bonchev–Trinajstić information content (AvgIpc) is 3.32. The molecule has 0 aliphatic carbocycles. The molecule has 204 valence electrons. The van der Waals surface area contributed by atoms with Gasteiger partial charge >= 0.3 is 5.97 Å². The van der Waals surface area contributed by atoms with E-state index in [1.165, 1.54) is 51.4 Å². The van der Waals surface area contributed by atoms with Crippen LogP contribution in [0.5, 0.6) is 17.2 Å². The third-order valence-corrected chi connectivity index (χ3v) is 6.68. The highest BCUT2D eigenvalue weighted by Gasteiger charge is 2.19. The molecule has 2 aromatic carbocycles. The van der Waals surface area contributed by atoms with Crippen molar-refractivity contribution in [2.45, 2.75) is 90.4 Å². The molecule has 4 heteroatoms. The molecule has 0 amide bonds. The van der Waals surface area contributed by atoms with Crippen molar-refractivity contribution >= 4 is 12.0 Å². The molecule has 0 atom stereocenters. The summed E-state index contributed by atoms with van der Waals surface area (Å²) in [5.41, 5.74) is 2.15. The summed E-state index contributed by atoms with van der Waals surface area (Å²) in [6.45, 7) is 2.24. The van der Waals surface area contributed by atoms with Gasteiger partial charge in [-0.15, -0.1) is 0 Å². The third-order valence-electron chi connectivity index (χ3n) is 6.68. The Kier molecular flexibility index (Phi) is 13.3. The second kappa shape index (κ2) is 17.3. The number of fused-ring (bicyclic) bond motifs is 1. The van der Waals surface area contributed by atoms with E-state index in [0.717, 1.165) is 54.1 Å². The van der Waals surface area contributed by atoms with E-state index in [2.05, 4.69) is 31.2 Å². The first kappa shape index (κ1) is 29.3. The Balaban J connectivity index is 1.25. The molecule has 38 heavy (non-hydrogen) atoms. The molecule has 0 radical (unpaired) electrons. The fraction of sp³-hybridized carbons (Fsp3) is 0.441. The van der Waals surface area contributed by atoms with Gasteiger partial charge in [-0.3, -0.25) is 4.79 Å². The van der Waals surface area contributed by atoms with Gasteiger partial charge in [0.2, 0.25) is 0 Å². The largest absolute Gasteiger partial charge is 0.497 e. The van der Waals surface area contributed by atoms with Crippen LogP contribution in [0.15, 0.2) is 72.5 Å². The summed E-state index contributed by atoms with van der Waals surface area (Å²) >= 11 is 0. The number of esters is 1. The first-order chi connectivity index (χ1) is 18.7. The molecule has 0 N–H and O–H groups in total. The van der Waals surface area contributed by atoms with Crippen LogP contribution in [0.1, 0.15) is 95.1 Å². The van der Waals surface area contributed by atoms with Gasteiger partial charge in [0.25, 0.3) is 0 Å². The lowest BCUT2D eigenvalue weighted by Gasteiger charge is -2.06. The zero-order valence-electron chi connectivity index (χ0n) is 23.3. The van der Waals surface area contributed by atoms with Crippen LogP contribution in [0.2, 0.25) is 0 Å². The number of ether oxygens (including phenoxy) is 3. The molecule has 0 aromatic heterocycles. The topological polar surface area (TPSA) is 44.8 Å². The molecule has 0 saturated heterocycles. The Hall–Kier alpha value is -3.27. The molecule has 0 unspecified atom stereocenters. The maximum Gasteiger partial charge on any atom is 0.311 e. The van der Waals surface area contributed by atoms with Crippen molar-refractivity contribution in [3.8, 4) is 17.2 Å². The van der Waals surface area contributed by atoms with Crippen molar-refractivity contribution in [3.63, 3.8) is 0 Å². The molecular weight excluding hydrogens is 472 g/mol. The third kappa shape index (κ3) is 11.0. The van der Waals surface area contributed by atoms with E-state index in [1.54, 1.807) is 7.11 Å². The second-order valence-corrected chi connectivity index (χ2v) is 9.92. The maximum absolute atomic E-state index is 12.3. The van der Waals surface area contributed by atoms with Gasteiger partial charge in [-0.2, -0.15) is 0 Å². The van der Waals surface area contributed by atoms with Crippen molar-refractivity contribution < 1.29 is 19.0 Å². The van der Waals surface area contributed by atoms with Crippen LogP contribution in [-0.2, 0) is 11.2 Å². The van der Waals surface area contributed by atoms with E-state index in [9.17, 15) is 4.79 Å². The van der Waals surface area contributed by atoms with Crippen LogP contribution in [0.4, 0.5) is 0 Å². The lowest BCUT2D eigenvalue weighted by atomic mass is 10.1. The lowest BCUT2D eigenvalue weighted by molar-refractivity contribution is -0.134. The van der Waals surface area contributed by atoms with E-state index in [-0.39, 0.29) is 5.97 Å². The first-order valence-electron chi connectivity index (χ1n) is 14.4. The molecule has 0 fully saturated rings. The number of carbonyl (C=O) groups excluding carboxylic acids is 1. The summed E-state index contributed by atoms with van der Waals surface area (Å²) in [5.74, 6) is 2.83. The van der Waals surface area contributed by atoms with Crippen molar-refractivity contribution in [1.82, 2.24) is 0 Å². The van der Waals surface area contributed by atoms with Gasteiger partial charge in [0.05, 0.1) is 7.11 Å². The lowest BCUT2D eigenvalue weighted by Crippen LogP contribution is -2.07. The first-order valence-corrected chi connectivity index (χ1v) is 14.4. The van der Waals surface area contributed by atoms with Gasteiger partial charge in [-0.25, -0.2) is 0 Å². The fourth-order valence-corrected chi connectivity index (χ4v) is 4.45. The van der Waals surface area contributed by atoms with Crippen LogP contribution in [0, 0.1) is 0 Å². The predicted molar refractivity (Wildman–Crippen MR) is 157 cm³/mol. The van der Waals surface area contributed by atoms with Crippen molar-refractivity contribution in [2.24, 2.45) is 0 Å². The molecule has 2 aromatic rings. The van der Waals surface area contributed by atoms with Gasteiger partial charge in [0.15, 0.2) is 0 Å². The van der Waals surface area contributed by atoms with Gasteiger partial charge in [-0.1, -0.05) is 88.0 Å². The van der Waals surface area contributed by atoms with E-state index < -0.39 is 0 Å². The summed E-state index contributed by atoms with van der Waals surface area (Å²) < 4.78 is 16.8. The molecule has 1 aliphatic heterocycles. The Labute approximate surface area is 229 Å². The van der Waals surface area contributed by atoms with Crippen LogP contribution in [0.3, 0.4) is 0 Å². The van der Waals surface area contributed by atoms with E-state index >= 15 is 0 Å². The number of hydrogen-bond acceptors (Lipinski definition) is 4. The number of benzene rings is 2. The van der Waals surface area contributed by atoms with Crippen LogP contribution < -0.4 is 14.2 Å². The molecule has 0 bridgehead atoms. The fourth-order valence-electron chi connectivity index (χ4n) is 4.45. The van der Waals surface area contributed by atoms with E-state index in [4.69, 9.17) is 14.2 Å². The quantitative estimate of drug-likeness (QED) is 0.0909. The zero-order chi connectivity index (χ0) is 26.8. The molecule has 4 nitrogen and oxygen atoms in total. The molecule has 1 heterocycles. The minimum Gasteiger partial charge on any atom is -0.497 e. The van der Waals surface area contributed by atoms with Gasteiger partial charge in [0, 0.05) is 24.5 Å². The van der Waals surface area contributed by atoms with Crippen molar-refractivity contribution in [3.05, 3.63) is 83.7 Å². The van der Waals surface area contributed by atoms with Crippen LogP contribution in [0.25, 0.3) is 6.08 Å². The highest BCUT2D eigenvalue weighted by molar-refractivity contribution is 5.72. The Bertz CT molecular complexity index is 1060. The average molecular weight is 517 g/mol. The summed E-state index contributed by atoms with van der Waals surface area (Å²) in [6, 6.07) is 13.5. The van der Waals surface area contributed by atoms with Crippen molar-refractivity contribution in [2.75, 3.05) is 7.11 Å². The SMILES string of the molecule is CCCCC/C=C\C=C\CCCCCCCCC(=O)Oc1ccc2c(c1)O/C(=C\c1ccc(OC)cc1)C2. The number of allylic oxidation sites excluding steroid dienone is 5. The smallest absolute Gasteiger partial charge is 0.311 e. The highest BCUT2D eigenvalue weighted by Crippen LogP contribution is 2.35. The van der Waals surface area contributed by atoms with E-state index in [0.29, 0.717) is 12.2 Å². The Morgan fingerprint density at radius 1 is 0.842 bits per heavy atom. The maximum atomic E-state index is 12.3. The summed E-state index contributed by atoms with van der Waals surface area (Å²) in [5, 5.41) is 0.